The van der Waals surface area contributed by atoms with Gasteiger partial charge in [0.25, 0.3) is 5.91 Å². The Morgan fingerprint density at radius 3 is 2.65 bits per heavy atom. The van der Waals surface area contributed by atoms with Crippen molar-refractivity contribution < 1.29 is 27.4 Å². The molecule has 0 radical (unpaired) electrons. The zero-order valence-corrected chi connectivity index (χ0v) is 22.2. The van der Waals surface area contributed by atoms with Gasteiger partial charge < -0.3 is 24.7 Å². The number of morpholine rings is 1. The standard InChI is InChI=1S/C27H26ClF3N6O3/c1-36-24-5-3-18(15-22(24)35-26(36)34-17-2-4-21(28)20(14-17)27(29,30)31)40-19-6-7-32-23(16-19)25(38)33-8-9-37-10-12-39-13-11-37/h2-7,14-16H,8-13H2,1H3,(H,33,38)(H,34,35). The van der Waals surface area contributed by atoms with Crippen LogP contribution in [0.1, 0.15) is 16.1 Å². The summed E-state index contributed by atoms with van der Waals surface area (Å²) in [6.07, 6.45) is -3.08. The van der Waals surface area contributed by atoms with Crippen LogP contribution in [-0.4, -0.2) is 64.7 Å². The van der Waals surface area contributed by atoms with Crippen LogP contribution in [0.15, 0.2) is 54.7 Å². The first-order chi connectivity index (χ1) is 19.2. The van der Waals surface area contributed by atoms with Crippen molar-refractivity contribution in [3.05, 3.63) is 71.0 Å². The number of hydrogen-bond donors (Lipinski definition) is 2. The maximum atomic E-state index is 13.3. The Balaban J connectivity index is 1.26. The summed E-state index contributed by atoms with van der Waals surface area (Å²) in [5.41, 5.74) is 0.777. The van der Waals surface area contributed by atoms with Gasteiger partial charge in [0, 0.05) is 57.2 Å². The smallest absolute Gasteiger partial charge is 0.417 e. The Morgan fingerprint density at radius 1 is 1.10 bits per heavy atom. The molecule has 0 bridgehead atoms. The molecule has 1 aliphatic heterocycles. The molecule has 0 atom stereocenters. The number of aryl methyl sites for hydroxylation is 1. The second-order valence-corrected chi connectivity index (χ2v) is 9.56. The SMILES string of the molecule is Cn1c(Nc2ccc(Cl)c(C(F)(F)F)c2)nc2cc(Oc3ccnc(C(=O)NCCN4CCOCC4)c3)ccc21. The first-order valence-electron chi connectivity index (χ1n) is 12.5. The van der Waals surface area contributed by atoms with Crippen molar-refractivity contribution >= 4 is 40.2 Å². The molecule has 13 heteroatoms. The fourth-order valence-electron chi connectivity index (χ4n) is 4.28. The van der Waals surface area contributed by atoms with Crippen LogP contribution < -0.4 is 15.4 Å². The average Bonchev–Trinajstić information content (AvgIpc) is 3.23. The molecule has 5 rings (SSSR count). The third kappa shape index (κ3) is 6.46. The second kappa shape index (κ2) is 11.7. The number of imidazole rings is 1. The second-order valence-electron chi connectivity index (χ2n) is 9.15. The van der Waals surface area contributed by atoms with E-state index in [9.17, 15) is 18.0 Å². The van der Waals surface area contributed by atoms with Crippen LogP contribution in [0.4, 0.5) is 24.8 Å². The molecular weight excluding hydrogens is 549 g/mol. The van der Waals surface area contributed by atoms with Crippen LogP contribution in [0, 0.1) is 0 Å². The topological polar surface area (TPSA) is 93.5 Å². The number of benzene rings is 2. The van der Waals surface area contributed by atoms with E-state index in [2.05, 4.69) is 25.5 Å². The zero-order valence-electron chi connectivity index (χ0n) is 21.5. The van der Waals surface area contributed by atoms with Crippen LogP contribution in [0.3, 0.4) is 0 Å². The number of nitrogens with zero attached hydrogens (tertiary/aromatic N) is 4. The molecule has 2 aromatic carbocycles. The highest BCUT2D eigenvalue weighted by molar-refractivity contribution is 6.31. The molecule has 0 saturated carbocycles. The minimum Gasteiger partial charge on any atom is -0.457 e. The summed E-state index contributed by atoms with van der Waals surface area (Å²) in [5.74, 6) is 0.920. The largest absolute Gasteiger partial charge is 0.457 e. The van der Waals surface area contributed by atoms with Gasteiger partial charge in [0.1, 0.15) is 17.2 Å². The van der Waals surface area contributed by atoms with Gasteiger partial charge in [-0.1, -0.05) is 11.6 Å². The summed E-state index contributed by atoms with van der Waals surface area (Å²) in [6, 6.07) is 12.0. The lowest BCUT2D eigenvalue weighted by Crippen LogP contribution is -2.41. The number of rotatable bonds is 8. The number of nitrogens with one attached hydrogen (secondary N) is 2. The van der Waals surface area contributed by atoms with Crippen LogP contribution in [-0.2, 0) is 18.0 Å². The van der Waals surface area contributed by atoms with Crippen LogP contribution in [0.5, 0.6) is 11.5 Å². The van der Waals surface area contributed by atoms with Crippen molar-refractivity contribution in [2.75, 3.05) is 44.7 Å². The number of alkyl halides is 3. The lowest BCUT2D eigenvalue weighted by molar-refractivity contribution is -0.137. The van der Waals surface area contributed by atoms with Gasteiger partial charge in [0.2, 0.25) is 5.95 Å². The average molecular weight is 575 g/mol. The Morgan fingerprint density at radius 2 is 1.88 bits per heavy atom. The maximum Gasteiger partial charge on any atom is 0.417 e. The Labute approximate surface area is 232 Å². The van der Waals surface area contributed by atoms with E-state index < -0.39 is 11.7 Å². The molecule has 1 saturated heterocycles. The Bertz CT molecular complexity index is 1520. The van der Waals surface area contributed by atoms with Crippen LogP contribution >= 0.6 is 11.6 Å². The number of carbonyl (C=O) groups is 1. The molecule has 0 spiro atoms. The highest BCUT2D eigenvalue weighted by Gasteiger charge is 2.33. The number of anilines is 2. The molecule has 1 aliphatic rings. The quantitative estimate of drug-likeness (QED) is 0.297. The summed E-state index contributed by atoms with van der Waals surface area (Å²) in [4.78, 5) is 23.5. The van der Waals surface area contributed by atoms with Crippen molar-refractivity contribution in [1.82, 2.24) is 24.8 Å². The van der Waals surface area contributed by atoms with Gasteiger partial charge in [-0.05, 0) is 36.4 Å². The predicted octanol–water partition coefficient (Wildman–Crippen LogP) is 5.24. The van der Waals surface area contributed by atoms with E-state index in [0.717, 1.165) is 31.2 Å². The summed E-state index contributed by atoms with van der Waals surface area (Å²) in [6.45, 7) is 4.30. The lowest BCUT2D eigenvalue weighted by Gasteiger charge is -2.26. The van der Waals surface area contributed by atoms with Crippen LogP contribution in [0.2, 0.25) is 5.02 Å². The van der Waals surface area contributed by atoms with E-state index in [1.165, 1.54) is 18.3 Å². The molecule has 9 nitrogen and oxygen atoms in total. The van der Waals surface area contributed by atoms with Crippen molar-refractivity contribution in [1.29, 1.82) is 0 Å². The molecule has 3 heterocycles. The summed E-state index contributed by atoms with van der Waals surface area (Å²) < 4.78 is 52.8. The number of amides is 1. The summed E-state index contributed by atoms with van der Waals surface area (Å²) in [7, 11) is 1.74. The van der Waals surface area contributed by atoms with Gasteiger partial charge in [0.15, 0.2) is 0 Å². The molecule has 1 fully saturated rings. The fraction of sp³-hybridized carbons (Fsp3) is 0.296. The Hall–Kier alpha value is -3.87. The van der Waals surface area contributed by atoms with Crippen molar-refractivity contribution in [2.24, 2.45) is 7.05 Å². The molecule has 2 N–H and O–H groups in total. The number of carbonyl (C=O) groups excluding carboxylic acids is 1. The predicted molar refractivity (Wildman–Crippen MR) is 144 cm³/mol. The third-order valence-corrected chi connectivity index (χ3v) is 6.73. The van der Waals surface area contributed by atoms with Gasteiger partial charge in [-0.25, -0.2) is 4.98 Å². The lowest BCUT2D eigenvalue weighted by atomic mass is 10.2. The van der Waals surface area contributed by atoms with Crippen molar-refractivity contribution in [3.63, 3.8) is 0 Å². The van der Waals surface area contributed by atoms with Gasteiger partial charge >= 0.3 is 6.18 Å². The van der Waals surface area contributed by atoms with Gasteiger partial charge in [-0.2, -0.15) is 13.2 Å². The zero-order chi connectivity index (χ0) is 28.3. The molecule has 0 aliphatic carbocycles. The third-order valence-electron chi connectivity index (χ3n) is 6.40. The molecule has 1 amide bonds. The minimum absolute atomic E-state index is 0.194. The van der Waals surface area contributed by atoms with Crippen molar-refractivity contribution in [2.45, 2.75) is 6.18 Å². The molecular formula is C27H26ClF3N6O3. The summed E-state index contributed by atoms with van der Waals surface area (Å²) >= 11 is 5.73. The normalized spacial score (nSPS) is 14.3. The fourth-order valence-corrected chi connectivity index (χ4v) is 4.51. The highest BCUT2D eigenvalue weighted by atomic mass is 35.5. The number of halogens is 4. The van der Waals surface area contributed by atoms with E-state index in [4.69, 9.17) is 21.1 Å². The number of fused-ring (bicyclic) bond motifs is 1. The van der Waals surface area contributed by atoms with E-state index in [1.54, 1.807) is 41.9 Å². The maximum absolute atomic E-state index is 13.3. The molecule has 40 heavy (non-hydrogen) atoms. The highest BCUT2D eigenvalue weighted by Crippen LogP contribution is 2.37. The number of hydrogen-bond acceptors (Lipinski definition) is 7. The molecule has 2 aromatic heterocycles. The van der Waals surface area contributed by atoms with E-state index in [0.29, 0.717) is 42.7 Å². The number of pyridine rings is 1. The number of ether oxygens (including phenoxy) is 2. The first-order valence-corrected chi connectivity index (χ1v) is 12.9. The molecule has 4 aromatic rings. The number of aromatic nitrogens is 3. The molecule has 0 unspecified atom stereocenters. The van der Waals surface area contributed by atoms with Gasteiger partial charge in [-0.3, -0.25) is 14.7 Å². The first kappa shape index (κ1) is 27.7. The van der Waals surface area contributed by atoms with E-state index in [-0.39, 0.29) is 22.3 Å². The van der Waals surface area contributed by atoms with E-state index in [1.807, 2.05) is 0 Å². The van der Waals surface area contributed by atoms with Gasteiger partial charge in [0.05, 0.1) is 34.8 Å². The van der Waals surface area contributed by atoms with Crippen molar-refractivity contribution in [3.8, 4) is 11.5 Å². The Kier molecular flexibility index (Phi) is 8.10. The van der Waals surface area contributed by atoms with Gasteiger partial charge in [-0.15, -0.1) is 0 Å². The molecule has 210 valence electrons. The monoisotopic (exact) mass is 574 g/mol. The van der Waals surface area contributed by atoms with E-state index >= 15 is 0 Å². The minimum atomic E-state index is -4.58. The summed E-state index contributed by atoms with van der Waals surface area (Å²) in [5, 5.41) is 5.41. The van der Waals surface area contributed by atoms with Crippen LogP contribution in [0.25, 0.3) is 11.0 Å².